The van der Waals surface area contributed by atoms with E-state index in [2.05, 4.69) is 17.1 Å². The molecule has 3 heteroatoms. The highest BCUT2D eigenvalue weighted by molar-refractivity contribution is 7.99. The van der Waals surface area contributed by atoms with E-state index in [4.69, 9.17) is 0 Å². The summed E-state index contributed by atoms with van der Waals surface area (Å²) < 4.78 is 0. The van der Waals surface area contributed by atoms with Gasteiger partial charge in [-0.25, -0.2) is 0 Å². The third-order valence-corrected chi connectivity index (χ3v) is 4.97. The number of piperidine rings is 1. The molecule has 2 fully saturated rings. The predicted octanol–water partition coefficient (Wildman–Crippen LogP) is 1.63. The van der Waals surface area contributed by atoms with Gasteiger partial charge in [0.2, 0.25) is 0 Å². The zero-order valence-electron chi connectivity index (χ0n) is 8.80. The number of thioether (sulfide) groups is 1. The minimum absolute atomic E-state index is 0.0751. The van der Waals surface area contributed by atoms with Crippen molar-refractivity contribution in [2.75, 3.05) is 24.7 Å². The Morgan fingerprint density at radius 2 is 2.29 bits per heavy atom. The zero-order chi connectivity index (χ0) is 9.86. The van der Waals surface area contributed by atoms with Crippen molar-refractivity contribution in [1.82, 2.24) is 5.32 Å². The Hall–Kier alpha value is 0.270. The Bertz CT molecular complexity index is 174. The fourth-order valence-electron chi connectivity index (χ4n) is 2.78. The monoisotopic (exact) mass is 215 g/mol. The molecular formula is C11H21NOS. The normalized spacial score (nSPS) is 39.6. The second kappa shape index (κ2) is 4.86. The van der Waals surface area contributed by atoms with Crippen LogP contribution in [0.5, 0.6) is 0 Å². The molecule has 2 unspecified atom stereocenters. The third kappa shape index (κ3) is 2.10. The molecule has 0 aromatic rings. The Morgan fingerprint density at radius 3 is 2.86 bits per heavy atom. The lowest BCUT2D eigenvalue weighted by atomic mass is 9.77. The lowest BCUT2D eigenvalue weighted by Gasteiger charge is -2.44. The molecule has 14 heavy (non-hydrogen) atoms. The minimum atomic E-state index is 0.0751. The summed E-state index contributed by atoms with van der Waals surface area (Å²) in [4.78, 5) is 0. The molecule has 2 nitrogen and oxygen atoms in total. The molecule has 0 bridgehead atoms. The number of aliphatic hydroxyl groups is 1. The van der Waals surface area contributed by atoms with Crippen LogP contribution in [0.25, 0.3) is 0 Å². The molecule has 2 aliphatic rings. The molecule has 2 rings (SSSR count). The molecule has 0 spiro atoms. The van der Waals surface area contributed by atoms with Crippen LogP contribution in [-0.2, 0) is 0 Å². The van der Waals surface area contributed by atoms with Gasteiger partial charge in [0.25, 0.3) is 0 Å². The van der Waals surface area contributed by atoms with Crippen LogP contribution >= 0.6 is 11.8 Å². The maximum Gasteiger partial charge on any atom is 0.0616 e. The van der Waals surface area contributed by atoms with E-state index in [0.717, 1.165) is 6.54 Å². The highest BCUT2D eigenvalue weighted by atomic mass is 32.2. The van der Waals surface area contributed by atoms with Crippen LogP contribution in [0.4, 0.5) is 0 Å². The van der Waals surface area contributed by atoms with Crippen molar-refractivity contribution in [2.45, 2.75) is 37.6 Å². The van der Waals surface area contributed by atoms with Crippen LogP contribution in [0.1, 0.15) is 32.1 Å². The smallest absolute Gasteiger partial charge is 0.0616 e. The highest BCUT2D eigenvalue weighted by Gasteiger charge is 2.39. The molecule has 0 amide bonds. The molecule has 2 heterocycles. The Labute approximate surface area is 90.8 Å². The summed E-state index contributed by atoms with van der Waals surface area (Å²) in [6.07, 6.45) is 6.38. The molecule has 0 radical (unpaired) electrons. The first-order chi connectivity index (χ1) is 6.87. The quantitative estimate of drug-likeness (QED) is 0.734. The van der Waals surface area contributed by atoms with Crippen molar-refractivity contribution in [1.29, 1.82) is 0 Å². The average Bonchev–Trinajstić information content (AvgIpc) is 2.31. The van der Waals surface area contributed by atoms with Gasteiger partial charge >= 0.3 is 0 Å². The number of hydrogen-bond donors (Lipinski definition) is 2. The second-order valence-corrected chi connectivity index (χ2v) is 5.76. The van der Waals surface area contributed by atoms with Gasteiger partial charge < -0.3 is 10.4 Å². The molecule has 0 aromatic carbocycles. The Kier molecular flexibility index (Phi) is 3.74. The van der Waals surface area contributed by atoms with Crippen LogP contribution in [0.3, 0.4) is 0 Å². The number of aliphatic hydroxyl groups excluding tert-OH is 1. The number of hydrogen-bond acceptors (Lipinski definition) is 3. The van der Waals surface area contributed by atoms with E-state index in [1.807, 2.05) is 0 Å². The maximum absolute atomic E-state index is 9.62. The van der Waals surface area contributed by atoms with Crippen LogP contribution in [-0.4, -0.2) is 35.3 Å². The van der Waals surface area contributed by atoms with Gasteiger partial charge in [-0.15, -0.1) is 0 Å². The lowest BCUT2D eigenvalue weighted by molar-refractivity contribution is 0.0806. The van der Waals surface area contributed by atoms with Gasteiger partial charge in [0.05, 0.1) is 6.61 Å². The van der Waals surface area contributed by atoms with Gasteiger partial charge in [0.1, 0.15) is 0 Å². The first-order valence-electron chi connectivity index (χ1n) is 5.81. The maximum atomic E-state index is 9.62. The Morgan fingerprint density at radius 1 is 1.36 bits per heavy atom. The molecule has 2 saturated heterocycles. The van der Waals surface area contributed by atoms with Crippen molar-refractivity contribution in [2.24, 2.45) is 5.92 Å². The topological polar surface area (TPSA) is 32.3 Å². The minimum Gasteiger partial charge on any atom is -0.394 e. The summed E-state index contributed by atoms with van der Waals surface area (Å²) >= 11 is 2.06. The fraction of sp³-hybridized carbons (Fsp3) is 1.00. The van der Waals surface area contributed by atoms with Crippen LogP contribution < -0.4 is 5.32 Å². The van der Waals surface area contributed by atoms with Crippen molar-refractivity contribution >= 4 is 11.8 Å². The van der Waals surface area contributed by atoms with Gasteiger partial charge in [-0.2, -0.15) is 11.8 Å². The summed E-state index contributed by atoms with van der Waals surface area (Å²) in [5.74, 6) is 3.26. The first-order valence-corrected chi connectivity index (χ1v) is 6.96. The Balaban J connectivity index is 2.01. The standard InChI is InChI=1S/C11H21NOS/c13-9-11(5-1-2-6-12-11)10-4-3-7-14-8-10/h10,12-13H,1-9H2. The number of nitrogens with one attached hydrogen (secondary N) is 1. The van der Waals surface area contributed by atoms with Crippen molar-refractivity contribution in [3.8, 4) is 0 Å². The third-order valence-electron chi connectivity index (χ3n) is 3.75. The van der Waals surface area contributed by atoms with E-state index >= 15 is 0 Å². The zero-order valence-corrected chi connectivity index (χ0v) is 9.61. The van der Waals surface area contributed by atoms with Gasteiger partial charge in [-0.3, -0.25) is 0 Å². The second-order valence-electron chi connectivity index (χ2n) is 4.61. The molecule has 0 aromatic heterocycles. The summed E-state index contributed by atoms with van der Waals surface area (Å²) in [5.41, 5.74) is 0.0751. The molecule has 2 aliphatic heterocycles. The van der Waals surface area contributed by atoms with Crippen LogP contribution in [0.2, 0.25) is 0 Å². The summed E-state index contributed by atoms with van der Waals surface area (Å²) in [5, 5.41) is 13.2. The molecule has 2 atom stereocenters. The molecule has 0 saturated carbocycles. The fourth-order valence-corrected chi connectivity index (χ4v) is 4.09. The van der Waals surface area contributed by atoms with Gasteiger partial charge in [-0.1, -0.05) is 6.42 Å². The van der Waals surface area contributed by atoms with E-state index in [1.165, 1.54) is 43.6 Å². The van der Waals surface area contributed by atoms with E-state index < -0.39 is 0 Å². The van der Waals surface area contributed by atoms with Crippen LogP contribution in [0.15, 0.2) is 0 Å². The molecular weight excluding hydrogens is 194 g/mol. The van der Waals surface area contributed by atoms with Crippen molar-refractivity contribution in [3.05, 3.63) is 0 Å². The number of rotatable bonds is 2. The summed E-state index contributed by atoms with van der Waals surface area (Å²) in [7, 11) is 0. The van der Waals surface area contributed by atoms with Crippen molar-refractivity contribution in [3.63, 3.8) is 0 Å². The SMILES string of the molecule is OCC1(C2CCCSC2)CCCCN1. The first kappa shape index (κ1) is 10.8. The molecule has 0 aliphatic carbocycles. The summed E-state index contributed by atoms with van der Waals surface area (Å²) in [6.45, 7) is 1.43. The van der Waals surface area contributed by atoms with E-state index in [0.29, 0.717) is 12.5 Å². The van der Waals surface area contributed by atoms with Crippen LogP contribution in [0, 0.1) is 5.92 Å². The van der Waals surface area contributed by atoms with Gasteiger partial charge in [0, 0.05) is 5.54 Å². The van der Waals surface area contributed by atoms with Crippen molar-refractivity contribution < 1.29 is 5.11 Å². The van der Waals surface area contributed by atoms with Gasteiger partial charge in [-0.05, 0) is 49.7 Å². The van der Waals surface area contributed by atoms with E-state index in [9.17, 15) is 5.11 Å². The average molecular weight is 215 g/mol. The van der Waals surface area contributed by atoms with E-state index in [-0.39, 0.29) is 5.54 Å². The van der Waals surface area contributed by atoms with Gasteiger partial charge in [0.15, 0.2) is 0 Å². The van der Waals surface area contributed by atoms with E-state index in [1.54, 1.807) is 0 Å². The predicted molar refractivity (Wildman–Crippen MR) is 61.7 cm³/mol. The molecule has 82 valence electrons. The summed E-state index contributed by atoms with van der Waals surface area (Å²) in [6, 6.07) is 0. The highest BCUT2D eigenvalue weighted by Crippen LogP contribution is 2.35. The largest absolute Gasteiger partial charge is 0.394 e. The lowest BCUT2D eigenvalue weighted by Crippen LogP contribution is -2.57. The molecule has 2 N–H and O–H groups in total.